The van der Waals surface area contributed by atoms with Crippen LogP contribution in [0, 0.1) is 12.7 Å². The van der Waals surface area contributed by atoms with Gasteiger partial charge < -0.3 is 9.84 Å². The lowest BCUT2D eigenvalue weighted by atomic mass is 10.1. The summed E-state index contributed by atoms with van der Waals surface area (Å²) in [4.78, 5) is 16.1. The van der Waals surface area contributed by atoms with E-state index in [0.717, 1.165) is 5.69 Å². The summed E-state index contributed by atoms with van der Waals surface area (Å²) in [5.41, 5.74) is 1.88. The molecular weight excluding hydrogens is 341 g/mol. The second kappa shape index (κ2) is 7.94. The second-order valence-electron chi connectivity index (χ2n) is 5.38. The lowest BCUT2D eigenvalue weighted by molar-refractivity contribution is -0.113. The number of benzene rings is 2. The van der Waals surface area contributed by atoms with Gasteiger partial charge in [0.05, 0.1) is 11.5 Å². The SMILES string of the molecule is Cc1ccc(-c2noc(CSCC(=O)Nc3ccccc3)n2)cc1F. The second-order valence-corrected chi connectivity index (χ2v) is 6.37. The number of hydrogen-bond donors (Lipinski definition) is 1. The minimum Gasteiger partial charge on any atom is -0.338 e. The van der Waals surface area contributed by atoms with E-state index in [9.17, 15) is 9.18 Å². The van der Waals surface area contributed by atoms with Gasteiger partial charge in [-0.3, -0.25) is 4.79 Å². The summed E-state index contributed by atoms with van der Waals surface area (Å²) in [5.74, 6) is 0.999. The number of nitrogens with zero attached hydrogens (tertiary/aromatic N) is 2. The fourth-order valence-electron chi connectivity index (χ4n) is 2.11. The van der Waals surface area contributed by atoms with Crippen LogP contribution in [0.3, 0.4) is 0 Å². The third kappa shape index (κ3) is 4.67. The van der Waals surface area contributed by atoms with Gasteiger partial charge in [-0.1, -0.05) is 35.5 Å². The van der Waals surface area contributed by atoms with Crippen molar-refractivity contribution in [3.63, 3.8) is 0 Å². The van der Waals surface area contributed by atoms with Crippen molar-refractivity contribution in [1.29, 1.82) is 0 Å². The van der Waals surface area contributed by atoms with Crippen LogP contribution in [0.15, 0.2) is 53.1 Å². The molecule has 128 valence electrons. The molecule has 2 aromatic carbocycles. The first-order chi connectivity index (χ1) is 12.1. The number of aromatic nitrogens is 2. The Morgan fingerprint density at radius 1 is 1.24 bits per heavy atom. The molecule has 1 aromatic heterocycles. The van der Waals surface area contributed by atoms with Gasteiger partial charge in [0, 0.05) is 11.3 Å². The minimum absolute atomic E-state index is 0.100. The van der Waals surface area contributed by atoms with Gasteiger partial charge in [-0.25, -0.2) is 4.39 Å². The van der Waals surface area contributed by atoms with Crippen LogP contribution in [-0.4, -0.2) is 21.8 Å². The van der Waals surface area contributed by atoms with Gasteiger partial charge in [-0.2, -0.15) is 4.98 Å². The summed E-state index contributed by atoms with van der Waals surface area (Å²) in [7, 11) is 0. The molecule has 3 aromatic rings. The van der Waals surface area contributed by atoms with Gasteiger partial charge in [0.25, 0.3) is 0 Å². The maximum Gasteiger partial charge on any atom is 0.236 e. The summed E-state index contributed by atoms with van der Waals surface area (Å²) >= 11 is 1.37. The first-order valence-electron chi connectivity index (χ1n) is 7.63. The normalized spacial score (nSPS) is 10.6. The first-order valence-corrected chi connectivity index (χ1v) is 8.79. The first kappa shape index (κ1) is 17.2. The van der Waals surface area contributed by atoms with Crippen molar-refractivity contribution in [2.75, 3.05) is 11.1 Å². The standard InChI is InChI=1S/C18H16FN3O2S/c1-12-7-8-13(9-15(12)19)18-21-17(24-22-18)11-25-10-16(23)20-14-5-3-2-4-6-14/h2-9H,10-11H2,1H3,(H,20,23). The van der Waals surface area contributed by atoms with Crippen molar-refractivity contribution in [2.45, 2.75) is 12.7 Å². The zero-order valence-corrected chi connectivity index (χ0v) is 14.3. The van der Waals surface area contributed by atoms with Crippen molar-refractivity contribution >= 4 is 23.4 Å². The van der Waals surface area contributed by atoms with E-state index in [-0.39, 0.29) is 17.5 Å². The Bertz CT molecular complexity index is 868. The van der Waals surface area contributed by atoms with E-state index in [1.807, 2.05) is 30.3 Å². The molecule has 25 heavy (non-hydrogen) atoms. The molecule has 1 N–H and O–H groups in total. The predicted octanol–water partition coefficient (Wildman–Crippen LogP) is 4.06. The molecule has 0 aliphatic carbocycles. The molecule has 0 fully saturated rings. The molecule has 0 saturated carbocycles. The Morgan fingerprint density at radius 2 is 2.04 bits per heavy atom. The molecule has 0 radical (unpaired) electrons. The number of thioether (sulfide) groups is 1. The van der Waals surface area contributed by atoms with Crippen molar-refractivity contribution in [3.8, 4) is 11.4 Å². The number of aryl methyl sites for hydroxylation is 1. The lowest BCUT2D eigenvalue weighted by Gasteiger charge is -2.03. The zero-order valence-electron chi connectivity index (χ0n) is 13.5. The van der Waals surface area contributed by atoms with E-state index < -0.39 is 0 Å². The fraction of sp³-hybridized carbons (Fsp3) is 0.167. The monoisotopic (exact) mass is 357 g/mol. The highest BCUT2D eigenvalue weighted by Crippen LogP contribution is 2.20. The van der Waals surface area contributed by atoms with E-state index in [1.54, 1.807) is 19.1 Å². The van der Waals surface area contributed by atoms with Crippen molar-refractivity contribution in [3.05, 3.63) is 65.8 Å². The molecule has 0 aliphatic heterocycles. The topological polar surface area (TPSA) is 68.0 Å². The van der Waals surface area contributed by atoms with Gasteiger partial charge in [0.15, 0.2) is 0 Å². The Balaban J connectivity index is 1.52. The minimum atomic E-state index is -0.309. The lowest BCUT2D eigenvalue weighted by Crippen LogP contribution is -2.13. The van der Waals surface area contributed by atoms with Crippen molar-refractivity contribution < 1.29 is 13.7 Å². The maximum absolute atomic E-state index is 13.6. The van der Waals surface area contributed by atoms with Crippen LogP contribution in [0.4, 0.5) is 10.1 Å². The zero-order chi connectivity index (χ0) is 17.6. The molecule has 0 aliphatic rings. The van der Waals surface area contributed by atoms with Gasteiger partial charge >= 0.3 is 0 Å². The van der Waals surface area contributed by atoms with Gasteiger partial charge in [0.1, 0.15) is 5.82 Å². The highest BCUT2D eigenvalue weighted by atomic mass is 32.2. The Morgan fingerprint density at radius 3 is 2.80 bits per heavy atom. The summed E-state index contributed by atoms with van der Waals surface area (Å²) in [6.45, 7) is 1.69. The van der Waals surface area contributed by atoms with Crippen molar-refractivity contribution in [2.24, 2.45) is 0 Å². The molecule has 0 bridgehead atoms. The van der Waals surface area contributed by atoms with Crippen LogP contribution in [0.25, 0.3) is 11.4 Å². The smallest absolute Gasteiger partial charge is 0.236 e. The van der Waals surface area contributed by atoms with Gasteiger partial charge in [-0.15, -0.1) is 11.8 Å². The quantitative estimate of drug-likeness (QED) is 0.721. The Hall–Kier alpha value is -2.67. The van der Waals surface area contributed by atoms with Gasteiger partial charge in [0.2, 0.25) is 17.6 Å². The number of anilines is 1. The average Bonchev–Trinajstić information content (AvgIpc) is 3.07. The molecule has 7 heteroatoms. The largest absolute Gasteiger partial charge is 0.338 e. The number of halogens is 1. The van der Waals surface area contributed by atoms with Crippen molar-refractivity contribution in [1.82, 2.24) is 10.1 Å². The fourth-order valence-corrected chi connectivity index (χ4v) is 2.76. The van der Waals surface area contributed by atoms with Crippen LogP contribution < -0.4 is 5.32 Å². The maximum atomic E-state index is 13.6. The van der Waals surface area contributed by atoms with E-state index >= 15 is 0 Å². The number of amides is 1. The molecule has 0 saturated heterocycles. The van der Waals surface area contributed by atoms with E-state index in [0.29, 0.717) is 28.6 Å². The molecule has 1 heterocycles. The molecule has 3 rings (SSSR count). The van der Waals surface area contributed by atoms with Crippen LogP contribution in [0.2, 0.25) is 0 Å². The number of carbonyl (C=O) groups excluding carboxylic acids is 1. The Kier molecular flexibility index (Phi) is 5.45. The summed E-state index contributed by atoms with van der Waals surface area (Å²) in [6, 6.07) is 14.0. The number of rotatable bonds is 6. The molecular formula is C18H16FN3O2S. The highest BCUT2D eigenvalue weighted by molar-refractivity contribution is 7.99. The van der Waals surface area contributed by atoms with Gasteiger partial charge in [-0.05, 0) is 30.7 Å². The van der Waals surface area contributed by atoms with Crippen LogP contribution in [0.5, 0.6) is 0 Å². The third-order valence-electron chi connectivity index (χ3n) is 3.41. The molecule has 5 nitrogen and oxygen atoms in total. The van der Waals surface area contributed by atoms with E-state index in [4.69, 9.17) is 4.52 Å². The Labute approximate surface area is 148 Å². The summed E-state index contributed by atoms with van der Waals surface area (Å²) in [5, 5.41) is 6.66. The van der Waals surface area contributed by atoms with E-state index in [1.165, 1.54) is 17.8 Å². The summed E-state index contributed by atoms with van der Waals surface area (Å²) in [6.07, 6.45) is 0. The number of carbonyl (C=O) groups is 1. The average molecular weight is 357 g/mol. The number of nitrogens with one attached hydrogen (secondary N) is 1. The summed E-state index contributed by atoms with van der Waals surface area (Å²) < 4.78 is 18.8. The van der Waals surface area contributed by atoms with Crippen LogP contribution >= 0.6 is 11.8 Å². The third-order valence-corrected chi connectivity index (χ3v) is 4.33. The number of para-hydroxylation sites is 1. The van der Waals surface area contributed by atoms with Crippen LogP contribution in [-0.2, 0) is 10.5 Å². The highest BCUT2D eigenvalue weighted by Gasteiger charge is 2.11. The molecule has 0 unspecified atom stereocenters. The molecule has 1 amide bonds. The predicted molar refractivity (Wildman–Crippen MR) is 95.7 cm³/mol. The molecule has 0 atom stereocenters. The van der Waals surface area contributed by atoms with Crippen LogP contribution in [0.1, 0.15) is 11.5 Å². The molecule has 0 spiro atoms. The number of hydrogen-bond acceptors (Lipinski definition) is 5. The van der Waals surface area contributed by atoms with E-state index in [2.05, 4.69) is 15.5 Å².